The Hall–Kier alpha value is -3.59. The molecule has 0 atom stereocenters. The van der Waals surface area contributed by atoms with Crippen molar-refractivity contribution in [2.24, 2.45) is 0 Å². The van der Waals surface area contributed by atoms with E-state index in [1.54, 1.807) is 42.5 Å². The van der Waals surface area contributed by atoms with Gasteiger partial charge in [0.25, 0.3) is 0 Å². The highest BCUT2D eigenvalue weighted by Crippen LogP contribution is 2.36. The Morgan fingerprint density at radius 1 is 0.964 bits per heavy atom. The Kier molecular flexibility index (Phi) is 4.81. The van der Waals surface area contributed by atoms with Crippen LogP contribution in [-0.4, -0.2) is 28.1 Å². The van der Waals surface area contributed by atoms with Gasteiger partial charge in [0, 0.05) is 22.5 Å². The van der Waals surface area contributed by atoms with Crippen LogP contribution in [0.1, 0.15) is 0 Å². The molecule has 9 nitrogen and oxygen atoms in total. The van der Waals surface area contributed by atoms with E-state index in [4.69, 9.17) is 21.1 Å². The lowest BCUT2D eigenvalue weighted by Gasteiger charge is -2.19. The molecule has 1 aliphatic heterocycles. The summed E-state index contributed by atoms with van der Waals surface area (Å²) in [5, 5.41) is 18.1. The van der Waals surface area contributed by atoms with Crippen molar-refractivity contribution in [1.29, 1.82) is 0 Å². The fraction of sp³-hybridized carbons (Fsp3) is 0.111. The van der Waals surface area contributed by atoms with Gasteiger partial charge in [-0.3, -0.25) is 10.1 Å². The Labute approximate surface area is 164 Å². The number of rotatable bonds is 5. The van der Waals surface area contributed by atoms with Crippen LogP contribution in [-0.2, 0) is 0 Å². The zero-order valence-electron chi connectivity index (χ0n) is 14.4. The SMILES string of the molecule is O=[N+]([O-])c1c(Nc2cccc(Cl)c2)ncnc1Nc1ccc2c(c1)OCCO2. The molecule has 3 aromatic rings. The van der Waals surface area contributed by atoms with Gasteiger partial charge < -0.3 is 20.1 Å². The fourth-order valence-corrected chi connectivity index (χ4v) is 2.89. The average molecular weight is 400 g/mol. The highest BCUT2D eigenvalue weighted by atomic mass is 35.5. The molecule has 2 N–H and O–H groups in total. The van der Waals surface area contributed by atoms with Crippen molar-refractivity contribution in [3.63, 3.8) is 0 Å². The number of hydrogen-bond donors (Lipinski definition) is 2. The molecule has 142 valence electrons. The number of anilines is 4. The summed E-state index contributed by atoms with van der Waals surface area (Å²) in [6, 6.07) is 12.0. The van der Waals surface area contributed by atoms with Gasteiger partial charge in [-0.1, -0.05) is 17.7 Å². The van der Waals surface area contributed by atoms with Crippen molar-refractivity contribution in [1.82, 2.24) is 9.97 Å². The number of halogens is 1. The maximum Gasteiger partial charge on any atom is 0.353 e. The molecular formula is C18H14ClN5O4. The van der Waals surface area contributed by atoms with E-state index in [-0.39, 0.29) is 17.3 Å². The number of benzene rings is 2. The molecule has 28 heavy (non-hydrogen) atoms. The minimum atomic E-state index is -0.548. The van der Waals surface area contributed by atoms with E-state index in [2.05, 4.69) is 20.6 Å². The van der Waals surface area contributed by atoms with Crippen molar-refractivity contribution in [3.05, 3.63) is 63.9 Å². The Morgan fingerprint density at radius 3 is 2.32 bits per heavy atom. The van der Waals surface area contributed by atoms with Crippen molar-refractivity contribution in [2.75, 3.05) is 23.8 Å². The van der Waals surface area contributed by atoms with E-state index in [1.807, 2.05) is 0 Å². The van der Waals surface area contributed by atoms with Crippen LogP contribution < -0.4 is 20.1 Å². The second-order valence-electron chi connectivity index (χ2n) is 5.80. The quantitative estimate of drug-likeness (QED) is 0.482. The highest BCUT2D eigenvalue weighted by Gasteiger charge is 2.24. The molecule has 0 unspecified atom stereocenters. The van der Waals surface area contributed by atoms with Crippen LogP contribution in [0, 0.1) is 10.1 Å². The van der Waals surface area contributed by atoms with E-state index in [0.29, 0.717) is 41.1 Å². The van der Waals surface area contributed by atoms with E-state index in [9.17, 15) is 10.1 Å². The molecule has 4 rings (SSSR count). The molecule has 1 aliphatic rings. The first-order valence-electron chi connectivity index (χ1n) is 8.29. The molecule has 0 fully saturated rings. The Morgan fingerprint density at radius 2 is 1.64 bits per heavy atom. The van der Waals surface area contributed by atoms with Crippen LogP contribution in [0.4, 0.5) is 28.7 Å². The maximum atomic E-state index is 11.7. The summed E-state index contributed by atoms with van der Waals surface area (Å²) in [5.74, 6) is 1.27. The minimum Gasteiger partial charge on any atom is -0.486 e. The summed E-state index contributed by atoms with van der Waals surface area (Å²) in [4.78, 5) is 19.2. The zero-order valence-corrected chi connectivity index (χ0v) is 15.1. The summed E-state index contributed by atoms with van der Waals surface area (Å²) >= 11 is 5.97. The molecule has 0 saturated carbocycles. The number of nitrogens with zero attached hydrogens (tertiary/aromatic N) is 3. The van der Waals surface area contributed by atoms with Crippen molar-refractivity contribution in [2.45, 2.75) is 0 Å². The third-order valence-electron chi connectivity index (χ3n) is 3.90. The van der Waals surface area contributed by atoms with Crippen LogP contribution in [0.2, 0.25) is 5.02 Å². The normalized spacial score (nSPS) is 12.3. The third kappa shape index (κ3) is 3.74. The summed E-state index contributed by atoms with van der Waals surface area (Å²) in [5.41, 5.74) is 0.844. The third-order valence-corrected chi connectivity index (χ3v) is 4.13. The second-order valence-corrected chi connectivity index (χ2v) is 6.23. The number of nitrogens with one attached hydrogen (secondary N) is 2. The molecule has 1 aromatic heterocycles. The Balaban J connectivity index is 1.66. The van der Waals surface area contributed by atoms with E-state index in [0.717, 1.165) is 0 Å². The number of nitro groups is 1. The first-order chi connectivity index (χ1) is 13.6. The van der Waals surface area contributed by atoms with Gasteiger partial charge in [-0.2, -0.15) is 0 Å². The minimum absolute atomic E-state index is 0.0428. The molecule has 2 aromatic carbocycles. The molecule has 0 bridgehead atoms. The number of fused-ring (bicyclic) bond motifs is 1. The van der Waals surface area contributed by atoms with E-state index in [1.165, 1.54) is 6.33 Å². The number of hydrogen-bond acceptors (Lipinski definition) is 8. The number of ether oxygens (including phenoxy) is 2. The van der Waals surface area contributed by atoms with Crippen LogP contribution in [0.3, 0.4) is 0 Å². The molecule has 0 radical (unpaired) electrons. The molecule has 0 amide bonds. The second kappa shape index (κ2) is 7.57. The largest absolute Gasteiger partial charge is 0.486 e. The molecular weight excluding hydrogens is 386 g/mol. The number of aromatic nitrogens is 2. The van der Waals surface area contributed by atoms with Gasteiger partial charge in [0.1, 0.15) is 19.5 Å². The van der Waals surface area contributed by atoms with Crippen molar-refractivity contribution in [3.8, 4) is 11.5 Å². The van der Waals surface area contributed by atoms with Gasteiger partial charge in [0.05, 0.1) is 4.92 Å². The van der Waals surface area contributed by atoms with Crippen LogP contribution in [0.25, 0.3) is 0 Å². The predicted molar refractivity (Wildman–Crippen MR) is 104 cm³/mol. The van der Waals surface area contributed by atoms with E-state index >= 15 is 0 Å². The lowest BCUT2D eigenvalue weighted by molar-refractivity contribution is -0.383. The topological polar surface area (TPSA) is 111 Å². The summed E-state index contributed by atoms with van der Waals surface area (Å²) in [6.45, 7) is 0.924. The van der Waals surface area contributed by atoms with Gasteiger partial charge in [0.15, 0.2) is 11.5 Å². The van der Waals surface area contributed by atoms with Gasteiger partial charge in [-0.15, -0.1) is 0 Å². The van der Waals surface area contributed by atoms with Crippen molar-refractivity contribution < 1.29 is 14.4 Å². The van der Waals surface area contributed by atoms with Crippen LogP contribution in [0.15, 0.2) is 48.8 Å². The van der Waals surface area contributed by atoms with Crippen molar-refractivity contribution >= 4 is 40.3 Å². The first kappa shape index (κ1) is 17.8. The Bertz CT molecular complexity index is 1050. The van der Waals surface area contributed by atoms with Crippen LogP contribution in [0.5, 0.6) is 11.5 Å². The van der Waals surface area contributed by atoms with Crippen LogP contribution >= 0.6 is 11.6 Å². The molecule has 0 spiro atoms. The van der Waals surface area contributed by atoms with Gasteiger partial charge in [0.2, 0.25) is 11.6 Å². The smallest absolute Gasteiger partial charge is 0.353 e. The lowest BCUT2D eigenvalue weighted by Crippen LogP contribution is -2.15. The monoisotopic (exact) mass is 399 g/mol. The maximum absolute atomic E-state index is 11.7. The van der Waals surface area contributed by atoms with Gasteiger partial charge in [-0.25, -0.2) is 9.97 Å². The predicted octanol–water partition coefficient (Wildman–Crippen LogP) is 4.30. The molecule has 0 aliphatic carbocycles. The molecule has 2 heterocycles. The fourth-order valence-electron chi connectivity index (χ4n) is 2.70. The summed E-state index contributed by atoms with van der Waals surface area (Å²) in [7, 11) is 0. The standard InChI is InChI=1S/C18H14ClN5O4/c19-11-2-1-3-12(8-11)22-17-16(24(25)26)18(21-10-20-17)23-13-4-5-14-15(9-13)28-7-6-27-14/h1-5,8-10H,6-7H2,(H2,20,21,22,23). The molecule has 10 heteroatoms. The zero-order chi connectivity index (χ0) is 19.5. The van der Waals surface area contributed by atoms with Gasteiger partial charge in [-0.05, 0) is 30.3 Å². The average Bonchev–Trinajstić information content (AvgIpc) is 2.68. The van der Waals surface area contributed by atoms with E-state index < -0.39 is 4.92 Å². The lowest BCUT2D eigenvalue weighted by atomic mass is 10.2. The summed E-state index contributed by atoms with van der Waals surface area (Å²) in [6.07, 6.45) is 1.24. The molecule has 0 saturated heterocycles. The first-order valence-corrected chi connectivity index (χ1v) is 8.66. The highest BCUT2D eigenvalue weighted by molar-refractivity contribution is 6.30. The summed E-state index contributed by atoms with van der Waals surface area (Å²) < 4.78 is 11.0. The van der Waals surface area contributed by atoms with Gasteiger partial charge >= 0.3 is 5.69 Å².